The third kappa shape index (κ3) is 2.82. The normalized spacial score (nSPS) is 12.4. The average Bonchev–Trinajstić information content (AvgIpc) is 2.90. The maximum Gasteiger partial charge on any atom is 0.122 e. The van der Waals surface area contributed by atoms with Gasteiger partial charge >= 0.3 is 0 Å². The van der Waals surface area contributed by atoms with Crippen LogP contribution in [0, 0.1) is 6.92 Å². The fourth-order valence-corrected chi connectivity index (χ4v) is 2.38. The molecule has 0 aliphatic carbocycles. The molecule has 0 aliphatic heterocycles. The maximum atomic E-state index is 5.41. The Bertz CT molecular complexity index is 565. The molecule has 0 spiro atoms. The van der Waals surface area contributed by atoms with Crippen LogP contribution in [0.5, 0.6) is 5.75 Å². The van der Waals surface area contributed by atoms with Gasteiger partial charge in [0, 0.05) is 6.54 Å². The summed E-state index contributed by atoms with van der Waals surface area (Å²) >= 11 is 0. The first-order chi connectivity index (χ1) is 9.71. The van der Waals surface area contributed by atoms with Gasteiger partial charge in [0.15, 0.2) is 0 Å². The third-order valence-corrected chi connectivity index (χ3v) is 3.43. The van der Waals surface area contributed by atoms with Crippen LogP contribution in [-0.4, -0.2) is 29.2 Å². The minimum Gasteiger partial charge on any atom is -0.496 e. The second kappa shape index (κ2) is 6.52. The summed E-state index contributed by atoms with van der Waals surface area (Å²) in [6.07, 6.45) is 2.85. The van der Waals surface area contributed by atoms with E-state index in [1.807, 2.05) is 24.9 Å². The van der Waals surface area contributed by atoms with Gasteiger partial charge in [-0.05, 0) is 37.6 Å². The monoisotopic (exact) mass is 274 g/mol. The Morgan fingerprint density at radius 3 is 2.85 bits per heavy atom. The highest BCUT2D eigenvalue weighted by atomic mass is 16.5. The second-order valence-corrected chi connectivity index (χ2v) is 4.83. The summed E-state index contributed by atoms with van der Waals surface area (Å²) < 4.78 is 7.36. The number of benzene rings is 1. The zero-order chi connectivity index (χ0) is 14.5. The number of methoxy groups -OCH3 is 1. The summed E-state index contributed by atoms with van der Waals surface area (Å²) in [6.45, 7) is 5.05. The van der Waals surface area contributed by atoms with Crippen LogP contribution >= 0.6 is 0 Å². The first kappa shape index (κ1) is 14.5. The van der Waals surface area contributed by atoms with Crippen LogP contribution in [0.4, 0.5) is 0 Å². The topological polar surface area (TPSA) is 52.0 Å². The maximum absolute atomic E-state index is 5.41. The van der Waals surface area contributed by atoms with Gasteiger partial charge in [0.05, 0.1) is 25.0 Å². The van der Waals surface area contributed by atoms with Gasteiger partial charge in [-0.2, -0.15) is 0 Å². The van der Waals surface area contributed by atoms with Crippen molar-refractivity contribution < 1.29 is 4.74 Å². The molecule has 1 atom stereocenters. The van der Waals surface area contributed by atoms with Crippen molar-refractivity contribution in [1.29, 1.82) is 0 Å². The summed E-state index contributed by atoms with van der Waals surface area (Å²) in [7, 11) is 3.64. The van der Waals surface area contributed by atoms with Crippen molar-refractivity contribution in [3.8, 4) is 5.75 Å². The van der Waals surface area contributed by atoms with Crippen LogP contribution in [0.2, 0.25) is 0 Å². The molecule has 108 valence electrons. The van der Waals surface area contributed by atoms with Gasteiger partial charge in [-0.25, -0.2) is 4.68 Å². The molecule has 2 aromatic rings. The van der Waals surface area contributed by atoms with Crippen molar-refractivity contribution in [2.75, 3.05) is 14.2 Å². The van der Waals surface area contributed by atoms with Crippen LogP contribution in [0.15, 0.2) is 24.4 Å². The van der Waals surface area contributed by atoms with Gasteiger partial charge in [-0.3, -0.25) is 0 Å². The molecular weight excluding hydrogens is 252 g/mol. The van der Waals surface area contributed by atoms with Crippen LogP contribution in [-0.2, 0) is 6.54 Å². The third-order valence-electron chi connectivity index (χ3n) is 3.43. The van der Waals surface area contributed by atoms with Gasteiger partial charge in [-0.15, -0.1) is 5.10 Å². The van der Waals surface area contributed by atoms with Gasteiger partial charge in [-0.1, -0.05) is 24.3 Å². The van der Waals surface area contributed by atoms with E-state index in [4.69, 9.17) is 4.74 Å². The fourth-order valence-electron chi connectivity index (χ4n) is 2.38. The molecule has 20 heavy (non-hydrogen) atoms. The van der Waals surface area contributed by atoms with Crippen LogP contribution in [0.25, 0.3) is 0 Å². The molecule has 0 bridgehead atoms. The van der Waals surface area contributed by atoms with E-state index in [-0.39, 0.29) is 6.04 Å². The van der Waals surface area contributed by atoms with E-state index in [9.17, 15) is 0 Å². The molecule has 1 aromatic carbocycles. The number of aryl methyl sites for hydroxylation is 2. The highest BCUT2D eigenvalue weighted by molar-refractivity contribution is 5.39. The van der Waals surface area contributed by atoms with Crippen molar-refractivity contribution >= 4 is 0 Å². The Kier molecular flexibility index (Phi) is 4.74. The number of hydrogen-bond donors (Lipinski definition) is 1. The van der Waals surface area contributed by atoms with Gasteiger partial charge in [0.1, 0.15) is 5.75 Å². The van der Waals surface area contributed by atoms with Crippen LogP contribution < -0.4 is 10.1 Å². The lowest BCUT2D eigenvalue weighted by Gasteiger charge is -2.19. The van der Waals surface area contributed by atoms with E-state index in [1.165, 1.54) is 0 Å². The lowest BCUT2D eigenvalue weighted by molar-refractivity contribution is 0.410. The highest BCUT2D eigenvalue weighted by Crippen LogP contribution is 2.27. The Labute approximate surface area is 120 Å². The molecule has 0 saturated heterocycles. The van der Waals surface area contributed by atoms with Crippen LogP contribution in [0.1, 0.15) is 36.2 Å². The zero-order valence-corrected chi connectivity index (χ0v) is 12.6. The predicted molar refractivity (Wildman–Crippen MR) is 78.9 cm³/mol. The molecule has 0 fully saturated rings. The number of ether oxygens (including phenoxy) is 1. The van der Waals surface area contributed by atoms with E-state index in [0.717, 1.165) is 35.5 Å². The molecule has 5 nitrogen and oxygen atoms in total. The number of hydrogen-bond acceptors (Lipinski definition) is 4. The Balaban J connectivity index is 2.39. The summed E-state index contributed by atoms with van der Waals surface area (Å²) in [5.74, 6) is 0.900. The van der Waals surface area contributed by atoms with Gasteiger partial charge in [0.25, 0.3) is 0 Å². The van der Waals surface area contributed by atoms with E-state index in [1.54, 1.807) is 7.11 Å². The van der Waals surface area contributed by atoms with Crippen molar-refractivity contribution in [2.24, 2.45) is 0 Å². The minimum atomic E-state index is 0.0612. The highest BCUT2D eigenvalue weighted by Gasteiger charge is 2.18. The standard InChI is InChI=1S/C15H22N4O/c1-5-8-19-13(10-17-18-19)15(16-3)12-7-6-11(2)14(9-12)20-4/h6-7,9-10,15-16H,5,8H2,1-4H3. The molecule has 5 heteroatoms. The van der Waals surface area contributed by atoms with E-state index in [2.05, 4.69) is 40.8 Å². The summed E-state index contributed by atoms with van der Waals surface area (Å²) in [5.41, 5.74) is 3.35. The molecule has 0 saturated carbocycles. The number of aromatic nitrogens is 3. The molecule has 1 unspecified atom stereocenters. The van der Waals surface area contributed by atoms with E-state index < -0.39 is 0 Å². The first-order valence-electron chi connectivity index (χ1n) is 6.91. The fraction of sp³-hybridized carbons (Fsp3) is 0.467. The Hall–Kier alpha value is -1.88. The number of nitrogens with zero attached hydrogens (tertiary/aromatic N) is 3. The first-order valence-corrected chi connectivity index (χ1v) is 6.91. The predicted octanol–water partition coefficient (Wildman–Crippen LogP) is 2.31. The Morgan fingerprint density at radius 1 is 1.40 bits per heavy atom. The molecule has 0 radical (unpaired) electrons. The quantitative estimate of drug-likeness (QED) is 0.878. The second-order valence-electron chi connectivity index (χ2n) is 4.83. The molecule has 1 N–H and O–H groups in total. The van der Waals surface area contributed by atoms with Crippen molar-refractivity contribution in [1.82, 2.24) is 20.3 Å². The number of nitrogens with one attached hydrogen (secondary N) is 1. The zero-order valence-electron chi connectivity index (χ0n) is 12.6. The lowest BCUT2D eigenvalue weighted by atomic mass is 10.0. The van der Waals surface area contributed by atoms with E-state index in [0.29, 0.717) is 0 Å². The minimum absolute atomic E-state index is 0.0612. The molecule has 0 amide bonds. The summed E-state index contributed by atoms with van der Waals surface area (Å²) in [5, 5.41) is 11.5. The molecule has 1 aromatic heterocycles. The van der Waals surface area contributed by atoms with Crippen molar-refractivity contribution in [2.45, 2.75) is 32.9 Å². The summed E-state index contributed by atoms with van der Waals surface area (Å²) in [6, 6.07) is 6.32. The lowest BCUT2D eigenvalue weighted by Crippen LogP contribution is -2.21. The molecule has 2 rings (SSSR count). The smallest absolute Gasteiger partial charge is 0.122 e. The number of rotatable bonds is 6. The molecule has 1 heterocycles. The van der Waals surface area contributed by atoms with Gasteiger partial charge in [0.2, 0.25) is 0 Å². The van der Waals surface area contributed by atoms with Crippen molar-refractivity contribution in [3.05, 3.63) is 41.2 Å². The largest absolute Gasteiger partial charge is 0.496 e. The average molecular weight is 274 g/mol. The van der Waals surface area contributed by atoms with Gasteiger partial charge < -0.3 is 10.1 Å². The SMILES string of the molecule is CCCn1nncc1C(NC)c1ccc(C)c(OC)c1. The summed E-state index contributed by atoms with van der Waals surface area (Å²) in [4.78, 5) is 0. The molecular formula is C15H22N4O. The van der Waals surface area contributed by atoms with Crippen molar-refractivity contribution in [3.63, 3.8) is 0 Å². The van der Waals surface area contributed by atoms with Crippen LogP contribution in [0.3, 0.4) is 0 Å². The Morgan fingerprint density at radius 2 is 2.20 bits per heavy atom. The van der Waals surface area contributed by atoms with E-state index >= 15 is 0 Å². The molecule has 0 aliphatic rings.